The highest BCUT2D eigenvalue weighted by Gasteiger charge is 2.10. The van der Waals surface area contributed by atoms with Crippen molar-refractivity contribution in [3.63, 3.8) is 0 Å². The smallest absolute Gasteiger partial charge is 0.226 e. The maximum absolute atomic E-state index is 12.0. The number of carbonyl (C=O) groups is 1. The molecule has 0 saturated heterocycles. The van der Waals surface area contributed by atoms with Crippen molar-refractivity contribution < 1.29 is 14.3 Å². The Morgan fingerprint density at radius 2 is 1.71 bits per heavy atom. The largest absolute Gasteiger partial charge is 0.495 e. The fourth-order valence-corrected chi connectivity index (χ4v) is 2.42. The van der Waals surface area contributed by atoms with Gasteiger partial charge < -0.3 is 20.1 Å². The lowest BCUT2D eigenvalue weighted by molar-refractivity contribution is -0.115. The molecule has 0 aromatic heterocycles. The minimum atomic E-state index is -0.107. The number of ether oxygens (including phenoxy) is 2. The quantitative estimate of drug-likeness (QED) is 0.757. The van der Waals surface area contributed by atoms with Crippen LogP contribution < -0.4 is 20.1 Å². The highest BCUT2D eigenvalue weighted by molar-refractivity contribution is 6.32. The van der Waals surface area contributed by atoms with Gasteiger partial charge in [0.25, 0.3) is 0 Å². The average molecular weight is 369 g/mol. The van der Waals surface area contributed by atoms with Gasteiger partial charge in [0, 0.05) is 35.8 Å². The molecule has 0 aliphatic rings. The maximum Gasteiger partial charge on any atom is 0.226 e. The van der Waals surface area contributed by atoms with Gasteiger partial charge >= 0.3 is 0 Å². The number of anilines is 2. The topological polar surface area (TPSA) is 59.6 Å². The molecule has 0 saturated carbocycles. The fraction of sp³-hybridized carbons (Fsp3) is 0.235. The van der Waals surface area contributed by atoms with E-state index in [1.54, 1.807) is 43.5 Å². The van der Waals surface area contributed by atoms with Crippen LogP contribution in [0.2, 0.25) is 10.0 Å². The second-order valence-electron chi connectivity index (χ2n) is 4.92. The molecule has 0 unspecified atom stereocenters. The number of methoxy groups -OCH3 is 2. The monoisotopic (exact) mass is 368 g/mol. The fourth-order valence-electron chi connectivity index (χ4n) is 2.07. The van der Waals surface area contributed by atoms with Crippen LogP contribution in [0.15, 0.2) is 36.4 Å². The van der Waals surface area contributed by atoms with E-state index in [4.69, 9.17) is 32.7 Å². The summed E-state index contributed by atoms with van der Waals surface area (Å²) in [7, 11) is 3.09. The Hall–Kier alpha value is -2.11. The molecule has 0 bridgehead atoms. The summed E-state index contributed by atoms with van der Waals surface area (Å²) in [6.07, 6.45) is 0.288. The molecule has 1 amide bonds. The zero-order valence-electron chi connectivity index (χ0n) is 13.4. The third-order valence-electron chi connectivity index (χ3n) is 3.27. The Kier molecular flexibility index (Phi) is 6.58. The summed E-state index contributed by atoms with van der Waals surface area (Å²) in [5.41, 5.74) is 1.41. The molecule has 0 heterocycles. The van der Waals surface area contributed by atoms with Crippen LogP contribution in [-0.4, -0.2) is 26.7 Å². The summed E-state index contributed by atoms with van der Waals surface area (Å²) in [6, 6.07) is 10.3. The van der Waals surface area contributed by atoms with E-state index in [2.05, 4.69) is 10.6 Å². The van der Waals surface area contributed by atoms with Gasteiger partial charge in [-0.2, -0.15) is 0 Å². The minimum absolute atomic E-state index is 0.107. The molecule has 2 N–H and O–H groups in total. The molecule has 2 rings (SSSR count). The molecule has 2 aromatic rings. The van der Waals surface area contributed by atoms with Crippen LogP contribution in [0, 0.1) is 0 Å². The normalized spacial score (nSPS) is 10.2. The lowest BCUT2D eigenvalue weighted by atomic mass is 10.2. The predicted octanol–water partition coefficient (Wildman–Crippen LogP) is 4.45. The SMILES string of the molecule is COc1cc(NCCC(=O)Nc2ccc(Cl)cc2)c(OC)cc1Cl. The van der Waals surface area contributed by atoms with E-state index in [1.807, 2.05) is 0 Å². The second-order valence-corrected chi connectivity index (χ2v) is 5.76. The molecule has 5 nitrogen and oxygen atoms in total. The van der Waals surface area contributed by atoms with Crippen molar-refractivity contribution >= 4 is 40.5 Å². The van der Waals surface area contributed by atoms with E-state index in [-0.39, 0.29) is 12.3 Å². The first kappa shape index (κ1) is 18.2. The number of nitrogens with one attached hydrogen (secondary N) is 2. The van der Waals surface area contributed by atoms with E-state index in [1.165, 1.54) is 7.11 Å². The summed E-state index contributed by atoms with van der Waals surface area (Å²) in [5, 5.41) is 7.03. The number of amides is 1. The van der Waals surface area contributed by atoms with Crippen LogP contribution in [0.4, 0.5) is 11.4 Å². The van der Waals surface area contributed by atoms with Gasteiger partial charge in [-0.3, -0.25) is 4.79 Å². The molecule has 0 radical (unpaired) electrons. The Morgan fingerprint density at radius 1 is 1.04 bits per heavy atom. The van der Waals surface area contributed by atoms with E-state index in [0.29, 0.717) is 39.5 Å². The van der Waals surface area contributed by atoms with E-state index in [0.717, 1.165) is 0 Å². The number of benzene rings is 2. The summed E-state index contributed by atoms with van der Waals surface area (Å²) >= 11 is 11.9. The first-order valence-corrected chi connectivity index (χ1v) is 8.00. The van der Waals surface area contributed by atoms with Gasteiger partial charge in [0.15, 0.2) is 0 Å². The standard InChI is InChI=1S/C17H18Cl2N2O3/c1-23-15-10-14(16(24-2)9-13(15)19)20-8-7-17(22)21-12-5-3-11(18)4-6-12/h3-6,9-10,20H,7-8H2,1-2H3,(H,21,22). The predicted molar refractivity (Wildman–Crippen MR) is 97.7 cm³/mol. The Morgan fingerprint density at radius 3 is 2.33 bits per heavy atom. The Bertz CT molecular complexity index is 706. The molecule has 0 aliphatic carbocycles. The van der Waals surface area contributed by atoms with Gasteiger partial charge in [0.2, 0.25) is 5.91 Å². The molecule has 0 atom stereocenters. The Labute approximate surface area is 150 Å². The lowest BCUT2D eigenvalue weighted by Crippen LogP contribution is -2.16. The first-order chi connectivity index (χ1) is 11.5. The summed E-state index contributed by atoms with van der Waals surface area (Å²) in [6.45, 7) is 0.431. The lowest BCUT2D eigenvalue weighted by Gasteiger charge is -2.14. The van der Waals surface area contributed by atoms with Crippen molar-refractivity contribution in [1.29, 1.82) is 0 Å². The van der Waals surface area contributed by atoms with Gasteiger partial charge in [0.1, 0.15) is 11.5 Å². The highest BCUT2D eigenvalue weighted by Crippen LogP contribution is 2.35. The van der Waals surface area contributed by atoms with Crippen molar-refractivity contribution in [2.45, 2.75) is 6.42 Å². The molecular formula is C17H18Cl2N2O3. The van der Waals surface area contributed by atoms with Crippen LogP contribution >= 0.6 is 23.2 Å². The van der Waals surface area contributed by atoms with Crippen LogP contribution in [0.25, 0.3) is 0 Å². The molecule has 0 aliphatic heterocycles. The van der Waals surface area contributed by atoms with Crippen molar-refractivity contribution in [1.82, 2.24) is 0 Å². The van der Waals surface area contributed by atoms with Crippen LogP contribution in [0.5, 0.6) is 11.5 Å². The van der Waals surface area contributed by atoms with Gasteiger partial charge in [0.05, 0.1) is 24.9 Å². The molecule has 0 fully saturated rings. The van der Waals surface area contributed by atoms with Crippen molar-refractivity contribution in [2.24, 2.45) is 0 Å². The number of hydrogen-bond acceptors (Lipinski definition) is 4. The van der Waals surface area contributed by atoms with Crippen molar-refractivity contribution in [3.8, 4) is 11.5 Å². The van der Waals surface area contributed by atoms with Gasteiger partial charge in [-0.1, -0.05) is 23.2 Å². The van der Waals surface area contributed by atoms with Gasteiger partial charge in [-0.25, -0.2) is 0 Å². The number of halogens is 2. The average Bonchev–Trinajstić information content (AvgIpc) is 2.57. The third-order valence-corrected chi connectivity index (χ3v) is 3.82. The zero-order chi connectivity index (χ0) is 17.5. The molecule has 2 aromatic carbocycles. The first-order valence-electron chi connectivity index (χ1n) is 7.24. The van der Waals surface area contributed by atoms with E-state index >= 15 is 0 Å². The van der Waals surface area contributed by atoms with Crippen molar-refractivity contribution in [2.75, 3.05) is 31.4 Å². The Balaban J connectivity index is 1.91. The zero-order valence-corrected chi connectivity index (χ0v) is 14.9. The highest BCUT2D eigenvalue weighted by atomic mass is 35.5. The summed E-state index contributed by atoms with van der Waals surface area (Å²) in [5.74, 6) is 1.01. The number of hydrogen-bond donors (Lipinski definition) is 2. The van der Waals surface area contributed by atoms with E-state index < -0.39 is 0 Å². The van der Waals surface area contributed by atoms with Crippen LogP contribution in [-0.2, 0) is 4.79 Å². The molecule has 7 heteroatoms. The summed E-state index contributed by atoms with van der Waals surface area (Å²) in [4.78, 5) is 12.0. The summed E-state index contributed by atoms with van der Waals surface area (Å²) < 4.78 is 10.5. The molecule has 24 heavy (non-hydrogen) atoms. The number of rotatable bonds is 7. The molecule has 0 spiro atoms. The maximum atomic E-state index is 12.0. The van der Waals surface area contributed by atoms with Crippen LogP contribution in [0.3, 0.4) is 0 Å². The van der Waals surface area contributed by atoms with Crippen LogP contribution in [0.1, 0.15) is 6.42 Å². The van der Waals surface area contributed by atoms with Gasteiger partial charge in [-0.15, -0.1) is 0 Å². The second kappa shape index (κ2) is 8.66. The minimum Gasteiger partial charge on any atom is -0.495 e. The number of carbonyl (C=O) groups excluding carboxylic acids is 1. The van der Waals surface area contributed by atoms with Crippen molar-refractivity contribution in [3.05, 3.63) is 46.4 Å². The van der Waals surface area contributed by atoms with Gasteiger partial charge in [-0.05, 0) is 24.3 Å². The molecule has 128 valence electrons. The third kappa shape index (κ3) is 4.94. The van der Waals surface area contributed by atoms with E-state index in [9.17, 15) is 4.79 Å². The molecular weight excluding hydrogens is 351 g/mol.